The number of hydrogen-bond donors (Lipinski definition) is 1. The van der Waals surface area contributed by atoms with Crippen LogP contribution in [-0.4, -0.2) is 24.1 Å². The average Bonchev–Trinajstić information content (AvgIpc) is 2.63. The van der Waals surface area contributed by atoms with Crippen LogP contribution in [-0.2, 0) is 9.84 Å². The molecule has 0 radical (unpaired) electrons. The Morgan fingerprint density at radius 2 is 2.20 bits per heavy atom. The van der Waals surface area contributed by atoms with Crippen LogP contribution in [0.15, 0.2) is 29.4 Å². The van der Waals surface area contributed by atoms with Gasteiger partial charge in [0.25, 0.3) is 0 Å². The van der Waals surface area contributed by atoms with Gasteiger partial charge in [-0.25, -0.2) is 13.4 Å². The maximum Gasteiger partial charge on any atom is 0.178 e. The van der Waals surface area contributed by atoms with Crippen molar-refractivity contribution < 1.29 is 8.42 Å². The van der Waals surface area contributed by atoms with Crippen molar-refractivity contribution in [3.63, 3.8) is 0 Å². The van der Waals surface area contributed by atoms with Crippen molar-refractivity contribution in [2.24, 2.45) is 0 Å². The van der Waals surface area contributed by atoms with Gasteiger partial charge in [-0.05, 0) is 24.6 Å². The van der Waals surface area contributed by atoms with Gasteiger partial charge in [0.05, 0.1) is 28.0 Å². The molecule has 0 aliphatic carbocycles. The first-order valence-electron chi connectivity index (χ1n) is 4.79. The Balaban J connectivity index is 2.52. The monoisotopic (exact) mass is 224 g/mol. The van der Waals surface area contributed by atoms with E-state index in [1.807, 2.05) is 6.92 Å². The number of sulfone groups is 1. The van der Waals surface area contributed by atoms with Gasteiger partial charge in [0.15, 0.2) is 9.84 Å². The molecule has 1 heterocycles. The van der Waals surface area contributed by atoms with Gasteiger partial charge in [0.2, 0.25) is 0 Å². The number of benzene rings is 1. The van der Waals surface area contributed by atoms with E-state index in [9.17, 15) is 8.42 Å². The second kappa shape index (κ2) is 3.66. The van der Waals surface area contributed by atoms with Gasteiger partial charge in [0, 0.05) is 0 Å². The number of nitrogens with one attached hydrogen (secondary N) is 1. The van der Waals surface area contributed by atoms with Gasteiger partial charge >= 0.3 is 0 Å². The van der Waals surface area contributed by atoms with Crippen molar-refractivity contribution in [3.8, 4) is 0 Å². The van der Waals surface area contributed by atoms with Crippen LogP contribution in [0.25, 0.3) is 11.0 Å². The van der Waals surface area contributed by atoms with Gasteiger partial charge in [-0.15, -0.1) is 0 Å². The molecule has 80 valence electrons. The van der Waals surface area contributed by atoms with Crippen LogP contribution >= 0.6 is 0 Å². The molecule has 0 atom stereocenters. The van der Waals surface area contributed by atoms with Gasteiger partial charge in [-0.2, -0.15) is 0 Å². The lowest BCUT2D eigenvalue weighted by molar-refractivity contribution is 0.595. The lowest BCUT2D eigenvalue weighted by Crippen LogP contribution is -2.05. The molecule has 0 unspecified atom stereocenters. The summed E-state index contributed by atoms with van der Waals surface area (Å²) in [7, 11) is -3.13. The first-order chi connectivity index (χ1) is 7.13. The summed E-state index contributed by atoms with van der Waals surface area (Å²) in [6.07, 6.45) is 2.18. The first kappa shape index (κ1) is 10.2. The number of hydrogen-bond acceptors (Lipinski definition) is 3. The number of fused-ring (bicyclic) bond motifs is 1. The predicted octanol–water partition coefficient (Wildman–Crippen LogP) is 1.75. The lowest BCUT2D eigenvalue weighted by Gasteiger charge is -2.01. The summed E-state index contributed by atoms with van der Waals surface area (Å²) in [4.78, 5) is 7.30. The van der Waals surface area contributed by atoms with Crippen LogP contribution in [0.2, 0.25) is 0 Å². The fourth-order valence-corrected chi connectivity index (χ4v) is 2.84. The Morgan fingerprint density at radius 3 is 2.93 bits per heavy atom. The smallest absolute Gasteiger partial charge is 0.178 e. The van der Waals surface area contributed by atoms with Crippen LogP contribution in [0.4, 0.5) is 0 Å². The minimum atomic E-state index is -3.13. The number of imidazole rings is 1. The summed E-state index contributed by atoms with van der Waals surface area (Å²) in [6, 6.07) is 4.95. The van der Waals surface area contributed by atoms with Gasteiger partial charge in [-0.3, -0.25) is 0 Å². The minimum absolute atomic E-state index is 0.187. The summed E-state index contributed by atoms with van der Waals surface area (Å²) in [5.74, 6) is 0.187. The second-order valence-corrected chi connectivity index (χ2v) is 5.51. The highest BCUT2D eigenvalue weighted by Gasteiger charge is 2.13. The summed E-state index contributed by atoms with van der Waals surface area (Å²) in [5, 5.41) is 0. The highest BCUT2D eigenvalue weighted by atomic mass is 32.2. The second-order valence-electron chi connectivity index (χ2n) is 3.40. The van der Waals surface area contributed by atoms with Crippen molar-refractivity contribution >= 4 is 20.9 Å². The van der Waals surface area contributed by atoms with E-state index in [4.69, 9.17) is 0 Å². The Labute approximate surface area is 88.3 Å². The SMILES string of the molecule is CCCS(=O)(=O)c1ccc2nc[nH]c2c1. The zero-order chi connectivity index (χ0) is 10.9. The topological polar surface area (TPSA) is 62.8 Å². The maximum atomic E-state index is 11.8. The normalized spacial score (nSPS) is 12.1. The zero-order valence-corrected chi connectivity index (χ0v) is 9.21. The van der Waals surface area contributed by atoms with E-state index in [1.165, 1.54) is 0 Å². The molecule has 15 heavy (non-hydrogen) atoms. The molecule has 1 aromatic carbocycles. The molecule has 4 nitrogen and oxygen atoms in total. The first-order valence-corrected chi connectivity index (χ1v) is 6.44. The molecule has 0 aliphatic rings. The molecule has 0 amide bonds. The van der Waals surface area contributed by atoms with E-state index < -0.39 is 9.84 Å². The molecule has 0 aliphatic heterocycles. The quantitative estimate of drug-likeness (QED) is 0.863. The number of rotatable bonds is 3. The van der Waals surface area contributed by atoms with E-state index in [0.29, 0.717) is 11.3 Å². The van der Waals surface area contributed by atoms with Crippen molar-refractivity contribution in [1.82, 2.24) is 9.97 Å². The molecule has 2 aromatic rings. The molecule has 2 rings (SSSR count). The lowest BCUT2D eigenvalue weighted by atomic mass is 10.3. The van der Waals surface area contributed by atoms with Crippen molar-refractivity contribution in [3.05, 3.63) is 24.5 Å². The van der Waals surface area contributed by atoms with E-state index in [1.54, 1.807) is 24.5 Å². The Morgan fingerprint density at radius 1 is 1.40 bits per heavy atom. The Kier molecular flexibility index (Phi) is 2.48. The Bertz CT molecular complexity index is 572. The number of aromatic nitrogens is 2. The van der Waals surface area contributed by atoms with Gasteiger partial charge in [-0.1, -0.05) is 6.92 Å². The average molecular weight is 224 g/mol. The largest absolute Gasteiger partial charge is 0.345 e. The molecular formula is C10H12N2O2S. The van der Waals surface area contributed by atoms with Crippen LogP contribution in [0.1, 0.15) is 13.3 Å². The fraction of sp³-hybridized carbons (Fsp3) is 0.300. The van der Waals surface area contributed by atoms with E-state index >= 15 is 0 Å². The van der Waals surface area contributed by atoms with Crippen molar-refractivity contribution in [1.29, 1.82) is 0 Å². The molecule has 5 heteroatoms. The molecule has 0 fully saturated rings. The summed E-state index contributed by atoms with van der Waals surface area (Å²) in [5.41, 5.74) is 1.54. The molecule has 1 aromatic heterocycles. The number of aromatic amines is 1. The highest BCUT2D eigenvalue weighted by Crippen LogP contribution is 2.17. The number of nitrogens with zero attached hydrogens (tertiary/aromatic N) is 1. The van der Waals surface area contributed by atoms with Gasteiger partial charge in [0.1, 0.15) is 0 Å². The predicted molar refractivity (Wildman–Crippen MR) is 58.4 cm³/mol. The van der Waals surface area contributed by atoms with E-state index in [2.05, 4.69) is 9.97 Å². The standard InChI is InChI=1S/C10H12N2O2S/c1-2-5-15(13,14)8-3-4-9-10(6-8)12-7-11-9/h3-4,6-7H,2,5H2,1H3,(H,11,12). The molecule has 0 saturated heterocycles. The molecule has 0 spiro atoms. The third kappa shape index (κ3) is 1.87. The zero-order valence-electron chi connectivity index (χ0n) is 8.40. The molecule has 1 N–H and O–H groups in total. The van der Waals surface area contributed by atoms with Crippen LogP contribution in [0.3, 0.4) is 0 Å². The molecular weight excluding hydrogens is 212 g/mol. The summed E-state index contributed by atoms with van der Waals surface area (Å²) >= 11 is 0. The fourth-order valence-electron chi connectivity index (χ4n) is 1.49. The van der Waals surface area contributed by atoms with Crippen LogP contribution in [0, 0.1) is 0 Å². The summed E-state index contributed by atoms with van der Waals surface area (Å²) < 4.78 is 23.5. The van der Waals surface area contributed by atoms with Gasteiger partial charge < -0.3 is 4.98 Å². The Hall–Kier alpha value is -1.36. The summed E-state index contributed by atoms with van der Waals surface area (Å²) in [6.45, 7) is 1.85. The van der Waals surface area contributed by atoms with E-state index in [0.717, 1.165) is 11.0 Å². The minimum Gasteiger partial charge on any atom is -0.345 e. The highest BCUT2D eigenvalue weighted by molar-refractivity contribution is 7.91. The van der Waals surface area contributed by atoms with Crippen LogP contribution < -0.4 is 0 Å². The molecule has 0 saturated carbocycles. The van der Waals surface area contributed by atoms with Crippen molar-refractivity contribution in [2.75, 3.05) is 5.75 Å². The maximum absolute atomic E-state index is 11.8. The van der Waals surface area contributed by atoms with E-state index in [-0.39, 0.29) is 5.75 Å². The van der Waals surface area contributed by atoms with Crippen LogP contribution in [0.5, 0.6) is 0 Å². The third-order valence-corrected chi connectivity index (χ3v) is 4.14. The third-order valence-electron chi connectivity index (χ3n) is 2.22. The molecule has 0 bridgehead atoms. The van der Waals surface area contributed by atoms with Crippen molar-refractivity contribution in [2.45, 2.75) is 18.2 Å². The number of H-pyrrole nitrogens is 1.